The molecule has 2 N–H and O–H groups in total. The number of carbonyl (C=O) groups excluding carboxylic acids is 1. The van der Waals surface area contributed by atoms with Gasteiger partial charge in [-0.25, -0.2) is 4.79 Å². The smallest absolute Gasteiger partial charge is 0.414 e. The number of aromatic nitrogens is 1. The molecule has 8 heteroatoms. The minimum absolute atomic E-state index is 0.0154. The molecule has 0 saturated carbocycles. The lowest BCUT2D eigenvalue weighted by molar-refractivity contribution is -0.181. The normalized spacial score (nSPS) is 16.4. The van der Waals surface area contributed by atoms with Crippen LogP contribution in [0.5, 0.6) is 5.75 Å². The van der Waals surface area contributed by atoms with Crippen molar-refractivity contribution in [3.63, 3.8) is 0 Å². The molecule has 0 saturated heterocycles. The van der Waals surface area contributed by atoms with E-state index in [4.69, 9.17) is 4.74 Å². The number of carbonyl (C=O) groups is 1. The Hall–Kier alpha value is -3.16. The van der Waals surface area contributed by atoms with Crippen LogP contribution in [0.15, 0.2) is 48.5 Å². The molecule has 0 fully saturated rings. The van der Waals surface area contributed by atoms with Crippen molar-refractivity contribution >= 4 is 16.9 Å². The molecule has 1 aromatic heterocycles. The monoisotopic (exact) mass is 417 g/mol. The number of alkyl halides is 3. The number of ether oxygens (including phenoxy) is 1. The highest BCUT2D eigenvalue weighted by atomic mass is 19.4. The largest absolute Gasteiger partial charge is 0.497 e. The maximum absolute atomic E-state index is 14.0. The second-order valence-electron chi connectivity index (χ2n) is 7.28. The number of hydrogen-bond acceptors (Lipinski definition) is 2. The van der Waals surface area contributed by atoms with E-state index in [1.165, 1.54) is 7.11 Å². The number of hydrogen-bond donors (Lipinski definition) is 2. The van der Waals surface area contributed by atoms with Gasteiger partial charge in [0, 0.05) is 24.0 Å². The van der Waals surface area contributed by atoms with E-state index in [9.17, 15) is 18.0 Å². The summed E-state index contributed by atoms with van der Waals surface area (Å²) in [5.74, 6) is 0.578. The van der Waals surface area contributed by atoms with Crippen molar-refractivity contribution in [1.29, 1.82) is 0 Å². The van der Waals surface area contributed by atoms with Gasteiger partial charge in [-0.15, -0.1) is 0 Å². The highest BCUT2D eigenvalue weighted by Crippen LogP contribution is 2.44. The zero-order valence-electron chi connectivity index (χ0n) is 16.4. The molecule has 2 heterocycles. The second kappa shape index (κ2) is 7.93. The van der Waals surface area contributed by atoms with Crippen molar-refractivity contribution in [3.05, 3.63) is 65.4 Å². The van der Waals surface area contributed by atoms with E-state index in [0.29, 0.717) is 35.1 Å². The lowest BCUT2D eigenvalue weighted by Crippen LogP contribution is -2.50. The topological polar surface area (TPSA) is 57.4 Å². The lowest BCUT2D eigenvalue weighted by atomic mass is 9.97. The Balaban J connectivity index is 1.58. The molecule has 0 aliphatic carbocycles. The van der Waals surface area contributed by atoms with Crippen LogP contribution in [0, 0.1) is 0 Å². The third kappa shape index (κ3) is 3.81. The van der Waals surface area contributed by atoms with Crippen molar-refractivity contribution in [2.24, 2.45) is 0 Å². The van der Waals surface area contributed by atoms with Crippen LogP contribution < -0.4 is 10.1 Å². The van der Waals surface area contributed by atoms with Gasteiger partial charge in [0.25, 0.3) is 0 Å². The quantitative estimate of drug-likeness (QED) is 0.652. The van der Waals surface area contributed by atoms with Crippen molar-refractivity contribution in [1.82, 2.24) is 15.2 Å². The van der Waals surface area contributed by atoms with E-state index >= 15 is 0 Å². The lowest BCUT2D eigenvalue weighted by Gasteiger charge is -2.36. The maximum atomic E-state index is 14.0. The molecule has 2 amide bonds. The Morgan fingerprint density at radius 2 is 2.00 bits per heavy atom. The predicted molar refractivity (Wildman–Crippen MR) is 108 cm³/mol. The van der Waals surface area contributed by atoms with E-state index in [0.717, 1.165) is 10.5 Å². The fourth-order valence-corrected chi connectivity index (χ4v) is 4.01. The molecule has 5 nitrogen and oxygen atoms in total. The van der Waals surface area contributed by atoms with Crippen LogP contribution >= 0.6 is 0 Å². The van der Waals surface area contributed by atoms with Crippen molar-refractivity contribution < 1.29 is 22.7 Å². The first-order valence-corrected chi connectivity index (χ1v) is 9.72. The fourth-order valence-electron chi connectivity index (χ4n) is 4.01. The Kier molecular flexibility index (Phi) is 5.32. The van der Waals surface area contributed by atoms with Gasteiger partial charge in [0.1, 0.15) is 5.75 Å². The molecule has 0 radical (unpaired) electrons. The molecule has 0 spiro atoms. The van der Waals surface area contributed by atoms with E-state index in [-0.39, 0.29) is 18.8 Å². The highest BCUT2D eigenvalue weighted by molar-refractivity contribution is 5.87. The third-order valence-corrected chi connectivity index (χ3v) is 5.44. The van der Waals surface area contributed by atoms with Gasteiger partial charge in [0.15, 0.2) is 6.04 Å². The van der Waals surface area contributed by atoms with Crippen molar-refractivity contribution in [2.75, 3.05) is 20.2 Å². The number of fused-ring (bicyclic) bond motifs is 3. The molecular weight excluding hydrogens is 395 g/mol. The van der Waals surface area contributed by atoms with Gasteiger partial charge in [-0.1, -0.05) is 30.3 Å². The summed E-state index contributed by atoms with van der Waals surface area (Å²) < 4.78 is 47.3. The average molecular weight is 417 g/mol. The molecule has 3 aromatic rings. The zero-order chi connectivity index (χ0) is 21.3. The summed E-state index contributed by atoms with van der Waals surface area (Å²) in [5, 5.41) is 3.34. The van der Waals surface area contributed by atoms with Gasteiger partial charge in [-0.3, -0.25) is 0 Å². The summed E-state index contributed by atoms with van der Waals surface area (Å²) in [4.78, 5) is 16.4. The summed E-state index contributed by atoms with van der Waals surface area (Å²) in [6.45, 7) is 0.249. The van der Waals surface area contributed by atoms with Crippen molar-refractivity contribution in [3.8, 4) is 5.75 Å². The maximum Gasteiger partial charge on any atom is 0.414 e. The molecule has 30 heavy (non-hydrogen) atoms. The van der Waals surface area contributed by atoms with Gasteiger partial charge < -0.3 is 19.9 Å². The number of amides is 2. The van der Waals surface area contributed by atoms with Crippen LogP contribution in [0.3, 0.4) is 0 Å². The number of nitrogens with one attached hydrogen (secondary N) is 2. The Morgan fingerprint density at radius 3 is 2.70 bits per heavy atom. The molecule has 0 bridgehead atoms. The number of aromatic amines is 1. The SMILES string of the molecule is COc1ccc2[nH]c3c(c2c1)CCN(C(=O)NCCc1ccccc1)C3C(F)(F)F. The average Bonchev–Trinajstić information content (AvgIpc) is 3.10. The van der Waals surface area contributed by atoms with Crippen LogP contribution in [0.2, 0.25) is 0 Å². The minimum atomic E-state index is -4.60. The Bertz CT molecular complexity index is 1050. The summed E-state index contributed by atoms with van der Waals surface area (Å²) in [5.41, 5.74) is 2.21. The number of halogens is 3. The van der Waals surface area contributed by atoms with E-state index in [2.05, 4.69) is 10.3 Å². The third-order valence-electron chi connectivity index (χ3n) is 5.44. The molecule has 1 aliphatic heterocycles. The predicted octanol–water partition coefficient (Wildman–Crippen LogP) is 4.59. The molecule has 158 valence electrons. The molecular formula is C22H22F3N3O2. The van der Waals surface area contributed by atoms with Gasteiger partial charge >= 0.3 is 12.2 Å². The van der Waals surface area contributed by atoms with Gasteiger partial charge in [0.05, 0.1) is 12.8 Å². The number of nitrogens with zero attached hydrogens (tertiary/aromatic N) is 1. The number of rotatable bonds is 4. The number of benzene rings is 2. The molecule has 1 aliphatic rings. The van der Waals surface area contributed by atoms with E-state index in [1.807, 2.05) is 30.3 Å². The Morgan fingerprint density at radius 1 is 1.23 bits per heavy atom. The minimum Gasteiger partial charge on any atom is -0.497 e. The fraction of sp³-hybridized carbons (Fsp3) is 0.318. The standard InChI is InChI=1S/C22H22F3N3O2/c1-30-15-7-8-18-17(13-15)16-10-12-28(20(19(16)27-18)22(23,24)25)21(29)26-11-9-14-5-3-2-4-6-14/h2-8,13,20,27H,9-12H2,1H3,(H,26,29). The highest BCUT2D eigenvalue weighted by Gasteiger charge is 2.50. The van der Waals surface area contributed by atoms with Gasteiger partial charge in [0.2, 0.25) is 0 Å². The zero-order valence-corrected chi connectivity index (χ0v) is 16.4. The number of urea groups is 1. The first-order chi connectivity index (χ1) is 14.4. The molecule has 1 unspecified atom stereocenters. The van der Waals surface area contributed by atoms with Crippen molar-refractivity contribution in [2.45, 2.75) is 25.1 Å². The van der Waals surface area contributed by atoms with Gasteiger partial charge in [-0.05, 0) is 42.2 Å². The van der Waals surface area contributed by atoms with Gasteiger partial charge in [-0.2, -0.15) is 13.2 Å². The van der Waals surface area contributed by atoms with Crippen LogP contribution in [-0.2, 0) is 12.8 Å². The molecule has 4 rings (SSSR count). The molecule has 2 aromatic carbocycles. The van der Waals surface area contributed by atoms with E-state index < -0.39 is 18.2 Å². The summed E-state index contributed by atoms with van der Waals surface area (Å²) in [6, 6.07) is 11.9. The number of methoxy groups -OCH3 is 1. The van der Waals surface area contributed by atoms with Crippen LogP contribution in [-0.4, -0.2) is 42.3 Å². The Labute approximate surface area is 171 Å². The second-order valence-corrected chi connectivity index (χ2v) is 7.28. The van der Waals surface area contributed by atoms with Crippen LogP contribution in [0.4, 0.5) is 18.0 Å². The summed E-state index contributed by atoms with van der Waals surface area (Å²) in [6.07, 6.45) is -3.72. The van der Waals surface area contributed by atoms with E-state index in [1.54, 1.807) is 18.2 Å². The van der Waals surface area contributed by atoms with Crippen LogP contribution in [0.1, 0.15) is 22.9 Å². The first-order valence-electron chi connectivity index (χ1n) is 9.72. The number of H-pyrrole nitrogens is 1. The first kappa shape index (κ1) is 20.1. The molecule has 1 atom stereocenters. The summed E-state index contributed by atoms with van der Waals surface area (Å²) >= 11 is 0. The van der Waals surface area contributed by atoms with Crippen LogP contribution in [0.25, 0.3) is 10.9 Å². The summed E-state index contributed by atoms with van der Waals surface area (Å²) in [7, 11) is 1.51.